The first kappa shape index (κ1) is 15.7. The standard InChI is InChI=1S/C18H15IN2O2/c1-12-6-8-13(9-7-12)11-21-17(22)16(20-18(21)23)10-14-4-2-3-5-15(14)19/h2-10H,11H2,1H3,(H,20,23)/b16-10-. The van der Waals surface area contributed by atoms with Crippen molar-refractivity contribution < 1.29 is 9.59 Å². The molecule has 1 saturated heterocycles. The minimum atomic E-state index is -0.382. The van der Waals surface area contributed by atoms with Crippen LogP contribution in [0.5, 0.6) is 0 Å². The van der Waals surface area contributed by atoms with Crippen molar-refractivity contribution >= 4 is 40.6 Å². The zero-order valence-electron chi connectivity index (χ0n) is 12.5. The van der Waals surface area contributed by atoms with Gasteiger partial charge in [0, 0.05) is 3.57 Å². The van der Waals surface area contributed by atoms with Gasteiger partial charge in [0.1, 0.15) is 5.70 Å². The summed E-state index contributed by atoms with van der Waals surface area (Å²) < 4.78 is 1.02. The Morgan fingerprint density at radius 1 is 1.09 bits per heavy atom. The van der Waals surface area contributed by atoms with Crippen LogP contribution in [0.15, 0.2) is 54.2 Å². The molecule has 3 rings (SSSR count). The minimum Gasteiger partial charge on any atom is -0.303 e. The molecule has 1 N–H and O–H groups in total. The lowest BCUT2D eigenvalue weighted by atomic mass is 10.1. The van der Waals surface area contributed by atoms with Gasteiger partial charge in [0.15, 0.2) is 0 Å². The number of amides is 3. The van der Waals surface area contributed by atoms with E-state index in [4.69, 9.17) is 0 Å². The van der Waals surface area contributed by atoms with E-state index in [2.05, 4.69) is 27.9 Å². The number of benzene rings is 2. The molecule has 2 aromatic carbocycles. The van der Waals surface area contributed by atoms with Crippen LogP contribution in [-0.4, -0.2) is 16.8 Å². The largest absolute Gasteiger partial charge is 0.329 e. The zero-order valence-corrected chi connectivity index (χ0v) is 14.7. The number of aryl methyl sites for hydroxylation is 1. The average molecular weight is 418 g/mol. The van der Waals surface area contributed by atoms with Crippen molar-refractivity contribution in [3.63, 3.8) is 0 Å². The van der Waals surface area contributed by atoms with E-state index < -0.39 is 0 Å². The summed E-state index contributed by atoms with van der Waals surface area (Å²) in [5.74, 6) is -0.296. The van der Waals surface area contributed by atoms with E-state index in [0.29, 0.717) is 5.70 Å². The molecule has 1 aliphatic rings. The molecular weight excluding hydrogens is 403 g/mol. The van der Waals surface area contributed by atoms with E-state index in [0.717, 1.165) is 20.3 Å². The topological polar surface area (TPSA) is 49.4 Å². The first-order chi connectivity index (χ1) is 11.0. The molecule has 0 aliphatic carbocycles. The molecule has 23 heavy (non-hydrogen) atoms. The Balaban J connectivity index is 1.82. The molecule has 1 heterocycles. The third kappa shape index (κ3) is 3.44. The predicted molar refractivity (Wildman–Crippen MR) is 97.4 cm³/mol. The molecule has 4 nitrogen and oxygen atoms in total. The van der Waals surface area contributed by atoms with Gasteiger partial charge < -0.3 is 5.32 Å². The Labute approximate surface area is 148 Å². The van der Waals surface area contributed by atoms with Crippen molar-refractivity contribution in [2.24, 2.45) is 0 Å². The number of hydrogen-bond acceptors (Lipinski definition) is 2. The van der Waals surface area contributed by atoms with Gasteiger partial charge in [0.2, 0.25) is 0 Å². The molecule has 116 valence electrons. The molecule has 1 aliphatic heterocycles. The Hall–Kier alpha value is -2.15. The number of rotatable bonds is 3. The Morgan fingerprint density at radius 3 is 2.48 bits per heavy atom. The third-order valence-corrected chi connectivity index (χ3v) is 4.61. The third-order valence-electron chi connectivity index (χ3n) is 3.63. The summed E-state index contributed by atoms with van der Waals surface area (Å²) in [5.41, 5.74) is 3.29. The van der Waals surface area contributed by atoms with E-state index in [1.54, 1.807) is 6.08 Å². The molecule has 2 aromatic rings. The quantitative estimate of drug-likeness (QED) is 0.470. The maximum atomic E-state index is 12.5. The second-order valence-electron chi connectivity index (χ2n) is 5.39. The number of halogens is 1. The summed E-state index contributed by atoms with van der Waals surface area (Å²) in [5, 5.41) is 2.66. The summed E-state index contributed by atoms with van der Waals surface area (Å²) >= 11 is 2.20. The van der Waals surface area contributed by atoms with Crippen molar-refractivity contribution in [1.29, 1.82) is 0 Å². The number of carbonyl (C=O) groups is 2. The van der Waals surface area contributed by atoms with Crippen molar-refractivity contribution in [1.82, 2.24) is 10.2 Å². The maximum absolute atomic E-state index is 12.5. The maximum Gasteiger partial charge on any atom is 0.329 e. The molecular formula is C18H15IN2O2. The fourth-order valence-electron chi connectivity index (χ4n) is 2.34. The summed E-state index contributed by atoms with van der Waals surface area (Å²) in [4.78, 5) is 25.8. The van der Waals surface area contributed by atoms with E-state index in [-0.39, 0.29) is 18.5 Å². The lowest BCUT2D eigenvalue weighted by Gasteiger charge is -2.11. The molecule has 0 unspecified atom stereocenters. The minimum absolute atomic E-state index is 0.272. The van der Waals surface area contributed by atoms with Crippen LogP contribution in [0.25, 0.3) is 6.08 Å². The van der Waals surface area contributed by atoms with Crippen molar-refractivity contribution in [3.8, 4) is 0 Å². The van der Waals surface area contributed by atoms with Crippen LogP contribution >= 0.6 is 22.6 Å². The second-order valence-corrected chi connectivity index (χ2v) is 6.55. The van der Waals surface area contributed by atoms with Crippen molar-refractivity contribution in [2.45, 2.75) is 13.5 Å². The summed E-state index contributed by atoms with van der Waals surface area (Å²) in [6.07, 6.45) is 1.72. The molecule has 0 spiro atoms. The fraction of sp³-hybridized carbons (Fsp3) is 0.111. The Kier molecular flexibility index (Phi) is 4.47. The van der Waals surface area contributed by atoms with Crippen LogP contribution in [0, 0.1) is 10.5 Å². The van der Waals surface area contributed by atoms with E-state index in [9.17, 15) is 9.59 Å². The smallest absolute Gasteiger partial charge is 0.303 e. The van der Waals surface area contributed by atoms with Gasteiger partial charge >= 0.3 is 6.03 Å². The first-order valence-electron chi connectivity index (χ1n) is 7.19. The SMILES string of the molecule is Cc1ccc(CN2C(=O)N/C(=C\c3ccccc3I)C2=O)cc1. The monoisotopic (exact) mass is 418 g/mol. The first-order valence-corrected chi connectivity index (χ1v) is 8.27. The van der Waals surface area contributed by atoms with Gasteiger partial charge in [-0.15, -0.1) is 0 Å². The molecule has 0 saturated carbocycles. The molecule has 0 aromatic heterocycles. The number of carbonyl (C=O) groups excluding carboxylic acids is 2. The van der Waals surface area contributed by atoms with Crippen LogP contribution in [0.3, 0.4) is 0 Å². The van der Waals surface area contributed by atoms with Crippen LogP contribution < -0.4 is 5.32 Å². The van der Waals surface area contributed by atoms with Gasteiger partial charge in [0.05, 0.1) is 6.54 Å². The molecule has 0 bridgehead atoms. The van der Waals surface area contributed by atoms with Crippen LogP contribution in [-0.2, 0) is 11.3 Å². The van der Waals surface area contributed by atoms with Crippen molar-refractivity contribution in [2.75, 3.05) is 0 Å². The summed E-state index contributed by atoms with van der Waals surface area (Å²) in [6.45, 7) is 2.27. The molecule has 3 amide bonds. The number of imide groups is 1. The lowest BCUT2D eigenvalue weighted by Crippen LogP contribution is -2.30. The number of nitrogens with one attached hydrogen (secondary N) is 1. The van der Waals surface area contributed by atoms with Crippen LogP contribution in [0.1, 0.15) is 16.7 Å². The highest BCUT2D eigenvalue weighted by Crippen LogP contribution is 2.19. The normalized spacial score (nSPS) is 16.1. The molecule has 0 radical (unpaired) electrons. The fourth-order valence-corrected chi connectivity index (χ4v) is 2.88. The van der Waals surface area contributed by atoms with Gasteiger partial charge in [-0.1, -0.05) is 48.0 Å². The highest BCUT2D eigenvalue weighted by Gasteiger charge is 2.33. The van der Waals surface area contributed by atoms with Gasteiger partial charge in [-0.05, 0) is 52.8 Å². The second kappa shape index (κ2) is 6.54. The lowest BCUT2D eigenvalue weighted by molar-refractivity contribution is -0.123. The zero-order chi connectivity index (χ0) is 16.4. The number of hydrogen-bond donors (Lipinski definition) is 1. The Morgan fingerprint density at radius 2 is 1.78 bits per heavy atom. The van der Waals surface area contributed by atoms with Gasteiger partial charge in [-0.25, -0.2) is 4.79 Å². The molecule has 1 fully saturated rings. The summed E-state index contributed by atoms with van der Waals surface area (Å²) in [6, 6.07) is 15.1. The van der Waals surface area contributed by atoms with Crippen LogP contribution in [0.2, 0.25) is 0 Å². The van der Waals surface area contributed by atoms with Crippen molar-refractivity contribution in [3.05, 3.63) is 74.5 Å². The van der Waals surface area contributed by atoms with E-state index in [1.807, 2.05) is 55.5 Å². The van der Waals surface area contributed by atoms with Gasteiger partial charge in [0.25, 0.3) is 5.91 Å². The highest BCUT2D eigenvalue weighted by atomic mass is 127. The van der Waals surface area contributed by atoms with E-state index >= 15 is 0 Å². The van der Waals surface area contributed by atoms with Gasteiger partial charge in [-0.2, -0.15) is 0 Å². The number of urea groups is 1. The van der Waals surface area contributed by atoms with Gasteiger partial charge in [-0.3, -0.25) is 9.69 Å². The van der Waals surface area contributed by atoms with E-state index in [1.165, 1.54) is 4.90 Å². The van der Waals surface area contributed by atoms with Crippen LogP contribution in [0.4, 0.5) is 4.79 Å². The Bertz CT molecular complexity index is 797. The highest BCUT2D eigenvalue weighted by molar-refractivity contribution is 14.1. The predicted octanol–water partition coefficient (Wildman–Crippen LogP) is 3.69. The molecule has 5 heteroatoms. The molecule has 0 atom stereocenters. The number of nitrogens with zero attached hydrogens (tertiary/aromatic N) is 1. The summed E-state index contributed by atoms with van der Waals surface area (Å²) in [7, 11) is 0. The average Bonchev–Trinajstić information content (AvgIpc) is 2.79.